The first-order valence-electron chi connectivity index (χ1n) is 7.06. The van der Waals surface area contributed by atoms with Crippen molar-refractivity contribution in [2.75, 3.05) is 59.7 Å². The third-order valence-electron chi connectivity index (χ3n) is 3.67. The Kier molecular flexibility index (Phi) is 7.95. The van der Waals surface area contributed by atoms with Crippen LogP contribution in [0.1, 0.15) is 6.42 Å². The van der Waals surface area contributed by atoms with Crippen molar-refractivity contribution in [3.8, 4) is 0 Å². The fraction of sp³-hybridized carbons (Fsp3) is 0.846. The number of halogens is 1. The van der Waals surface area contributed by atoms with E-state index in [-0.39, 0.29) is 36.9 Å². The van der Waals surface area contributed by atoms with E-state index in [1.165, 1.54) is 7.11 Å². The molecule has 2 heterocycles. The van der Waals surface area contributed by atoms with Gasteiger partial charge in [0.25, 0.3) is 0 Å². The lowest BCUT2D eigenvalue weighted by atomic mass is 10.1. The van der Waals surface area contributed by atoms with Crippen molar-refractivity contribution in [2.45, 2.75) is 12.5 Å². The standard InChI is InChI=1S/C13H23N3O4.ClH/c1-19-10-13(18)16-5-3-15(4-6-16)12(17)8-11-9-20-7-2-14-11;/h11,14H,2-10H2,1H3;1H. The van der Waals surface area contributed by atoms with Gasteiger partial charge in [0.1, 0.15) is 6.61 Å². The van der Waals surface area contributed by atoms with Crippen LogP contribution in [0.4, 0.5) is 0 Å². The first kappa shape index (κ1) is 18.2. The van der Waals surface area contributed by atoms with Gasteiger partial charge in [-0.2, -0.15) is 0 Å². The first-order chi connectivity index (χ1) is 9.70. The summed E-state index contributed by atoms with van der Waals surface area (Å²) in [4.78, 5) is 27.4. The normalized spacial score (nSPS) is 22.6. The van der Waals surface area contributed by atoms with Gasteiger partial charge in [-0.15, -0.1) is 12.4 Å². The van der Waals surface area contributed by atoms with E-state index in [4.69, 9.17) is 9.47 Å². The maximum Gasteiger partial charge on any atom is 0.248 e. The van der Waals surface area contributed by atoms with Crippen LogP contribution in [-0.2, 0) is 19.1 Å². The van der Waals surface area contributed by atoms with Gasteiger partial charge < -0.3 is 24.6 Å². The molecule has 122 valence electrons. The second-order valence-electron chi connectivity index (χ2n) is 5.12. The monoisotopic (exact) mass is 321 g/mol. The van der Waals surface area contributed by atoms with Gasteiger partial charge in [-0.1, -0.05) is 0 Å². The van der Waals surface area contributed by atoms with Crippen LogP contribution in [0.15, 0.2) is 0 Å². The predicted molar refractivity (Wildman–Crippen MR) is 79.5 cm³/mol. The Balaban J connectivity index is 0.00000220. The highest BCUT2D eigenvalue weighted by molar-refractivity contribution is 5.85. The van der Waals surface area contributed by atoms with Gasteiger partial charge in [-0.25, -0.2) is 0 Å². The van der Waals surface area contributed by atoms with Crippen molar-refractivity contribution >= 4 is 24.2 Å². The number of methoxy groups -OCH3 is 1. The van der Waals surface area contributed by atoms with Crippen molar-refractivity contribution in [3.63, 3.8) is 0 Å². The Morgan fingerprint density at radius 2 is 1.81 bits per heavy atom. The summed E-state index contributed by atoms with van der Waals surface area (Å²) < 4.78 is 10.2. The number of amides is 2. The number of morpholine rings is 1. The lowest BCUT2D eigenvalue weighted by Gasteiger charge is -2.35. The van der Waals surface area contributed by atoms with Crippen LogP contribution in [0.3, 0.4) is 0 Å². The fourth-order valence-corrected chi connectivity index (χ4v) is 2.51. The molecular formula is C13H24ClN3O4. The zero-order valence-electron chi connectivity index (χ0n) is 12.4. The van der Waals surface area contributed by atoms with Gasteiger partial charge in [0.05, 0.1) is 13.2 Å². The fourth-order valence-electron chi connectivity index (χ4n) is 2.51. The summed E-state index contributed by atoms with van der Waals surface area (Å²) in [6, 6.07) is 0.115. The number of ether oxygens (including phenoxy) is 2. The highest BCUT2D eigenvalue weighted by Crippen LogP contribution is 2.07. The smallest absolute Gasteiger partial charge is 0.248 e. The SMILES string of the molecule is COCC(=O)N1CCN(C(=O)CC2COCCN2)CC1.Cl. The van der Waals surface area contributed by atoms with Gasteiger partial charge >= 0.3 is 0 Å². The second-order valence-corrected chi connectivity index (χ2v) is 5.12. The summed E-state index contributed by atoms with van der Waals surface area (Å²) in [6.45, 7) is 4.59. The summed E-state index contributed by atoms with van der Waals surface area (Å²) in [5.41, 5.74) is 0. The molecule has 0 aromatic heterocycles. The Labute approximate surface area is 131 Å². The van der Waals surface area contributed by atoms with E-state index < -0.39 is 0 Å². The molecule has 2 aliphatic heterocycles. The van der Waals surface area contributed by atoms with E-state index in [2.05, 4.69) is 5.32 Å². The van der Waals surface area contributed by atoms with E-state index in [1.54, 1.807) is 4.90 Å². The molecule has 0 saturated carbocycles. The van der Waals surface area contributed by atoms with E-state index in [0.717, 1.165) is 6.54 Å². The summed E-state index contributed by atoms with van der Waals surface area (Å²) in [7, 11) is 1.51. The molecule has 0 bridgehead atoms. The molecular weight excluding hydrogens is 298 g/mol. The largest absolute Gasteiger partial charge is 0.378 e. The zero-order chi connectivity index (χ0) is 14.4. The first-order valence-corrected chi connectivity index (χ1v) is 7.06. The molecule has 8 heteroatoms. The minimum absolute atomic E-state index is 0. The molecule has 7 nitrogen and oxygen atoms in total. The molecule has 2 saturated heterocycles. The van der Waals surface area contributed by atoms with Crippen LogP contribution in [0.5, 0.6) is 0 Å². The lowest BCUT2D eigenvalue weighted by molar-refractivity contribution is -0.142. The summed E-state index contributed by atoms with van der Waals surface area (Å²) >= 11 is 0. The quantitative estimate of drug-likeness (QED) is 0.727. The van der Waals surface area contributed by atoms with Crippen LogP contribution in [-0.4, -0.2) is 87.3 Å². The van der Waals surface area contributed by atoms with Crippen LogP contribution in [0.25, 0.3) is 0 Å². The molecule has 1 N–H and O–H groups in total. The number of nitrogens with zero attached hydrogens (tertiary/aromatic N) is 2. The van der Waals surface area contributed by atoms with Crippen molar-refractivity contribution in [2.24, 2.45) is 0 Å². The Bertz CT molecular complexity index is 342. The van der Waals surface area contributed by atoms with Crippen LogP contribution in [0.2, 0.25) is 0 Å². The van der Waals surface area contributed by atoms with Gasteiger partial charge in [-0.05, 0) is 0 Å². The summed E-state index contributed by atoms with van der Waals surface area (Å²) in [5, 5.41) is 3.28. The Hall–Kier alpha value is -0.890. The summed E-state index contributed by atoms with van der Waals surface area (Å²) in [6.07, 6.45) is 0.464. The molecule has 21 heavy (non-hydrogen) atoms. The highest BCUT2D eigenvalue weighted by atomic mass is 35.5. The predicted octanol–water partition coefficient (Wildman–Crippen LogP) is -0.896. The molecule has 0 aliphatic carbocycles. The lowest BCUT2D eigenvalue weighted by Crippen LogP contribution is -2.53. The molecule has 0 aromatic carbocycles. The number of piperazine rings is 1. The maximum atomic E-state index is 12.2. The zero-order valence-corrected chi connectivity index (χ0v) is 13.2. The van der Waals surface area contributed by atoms with Crippen molar-refractivity contribution in [1.29, 1.82) is 0 Å². The number of hydrogen-bond acceptors (Lipinski definition) is 5. The van der Waals surface area contributed by atoms with Gasteiger partial charge in [-0.3, -0.25) is 9.59 Å². The number of rotatable bonds is 4. The molecule has 1 unspecified atom stereocenters. The molecule has 1 atom stereocenters. The third-order valence-corrected chi connectivity index (χ3v) is 3.67. The van der Waals surface area contributed by atoms with Gasteiger partial charge in [0.15, 0.2) is 0 Å². The van der Waals surface area contributed by atoms with Crippen molar-refractivity contribution in [1.82, 2.24) is 15.1 Å². The third kappa shape index (κ3) is 5.43. The molecule has 2 rings (SSSR count). The van der Waals surface area contributed by atoms with Crippen LogP contribution in [0, 0.1) is 0 Å². The van der Waals surface area contributed by atoms with Crippen LogP contribution >= 0.6 is 12.4 Å². The molecule has 2 aliphatic rings. The second kappa shape index (κ2) is 9.19. The van der Waals surface area contributed by atoms with E-state index in [1.807, 2.05) is 4.90 Å². The molecule has 0 spiro atoms. The number of nitrogens with one attached hydrogen (secondary N) is 1. The molecule has 2 amide bonds. The summed E-state index contributed by atoms with van der Waals surface area (Å²) in [5.74, 6) is 0.119. The number of carbonyl (C=O) groups excluding carboxylic acids is 2. The highest BCUT2D eigenvalue weighted by Gasteiger charge is 2.26. The van der Waals surface area contributed by atoms with Gasteiger partial charge in [0.2, 0.25) is 11.8 Å². The average molecular weight is 322 g/mol. The van der Waals surface area contributed by atoms with Crippen LogP contribution < -0.4 is 5.32 Å². The average Bonchev–Trinajstić information content (AvgIpc) is 2.48. The topological polar surface area (TPSA) is 71.1 Å². The molecule has 2 fully saturated rings. The minimum Gasteiger partial charge on any atom is -0.378 e. The molecule has 0 radical (unpaired) electrons. The molecule has 0 aromatic rings. The number of hydrogen-bond donors (Lipinski definition) is 1. The number of carbonyl (C=O) groups is 2. The van der Waals surface area contributed by atoms with E-state index in [0.29, 0.717) is 45.8 Å². The maximum absolute atomic E-state index is 12.2. The van der Waals surface area contributed by atoms with E-state index >= 15 is 0 Å². The van der Waals surface area contributed by atoms with Crippen molar-refractivity contribution < 1.29 is 19.1 Å². The Morgan fingerprint density at radius 1 is 1.19 bits per heavy atom. The Morgan fingerprint density at radius 3 is 2.33 bits per heavy atom. The van der Waals surface area contributed by atoms with E-state index in [9.17, 15) is 9.59 Å². The van der Waals surface area contributed by atoms with Gasteiger partial charge in [0, 0.05) is 52.3 Å². The minimum atomic E-state index is -0.0121. The van der Waals surface area contributed by atoms with Crippen molar-refractivity contribution in [3.05, 3.63) is 0 Å².